The number of phenolic OH excluding ortho intramolecular Hbond substituents is 1. The molecule has 0 atom stereocenters. The first-order valence-corrected chi connectivity index (χ1v) is 7.90. The molecule has 1 aromatic heterocycles. The summed E-state index contributed by atoms with van der Waals surface area (Å²) in [5.41, 5.74) is 7.91. The van der Waals surface area contributed by atoms with Crippen LogP contribution in [0.4, 0.5) is 11.5 Å². The topological polar surface area (TPSA) is 75.3 Å². The first-order chi connectivity index (χ1) is 11.7. The van der Waals surface area contributed by atoms with E-state index in [1.54, 1.807) is 24.3 Å². The van der Waals surface area contributed by atoms with Gasteiger partial charge >= 0.3 is 0 Å². The third-order valence-corrected chi connectivity index (χ3v) is 3.44. The molecule has 0 unspecified atom stereocenters. The third kappa shape index (κ3) is 4.26. The van der Waals surface area contributed by atoms with Crippen LogP contribution in [0.3, 0.4) is 0 Å². The number of rotatable bonds is 6. The molecule has 2 rings (SSSR count). The van der Waals surface area contributed by atoms with Gasteiger partial charge in [0.25, 0.3) is 0 Å². The van der Waals surface area contributed by atoms with Gasteiger partial charge in [0.2, 0.25) is 0 Å². The fourth-order valence-corrected chi connectivity index (χ4v) is 2.24. The fraction of sp³-hybridized carbons (Fsp3) is 0.263. The van der Waals surface area contributed by atoms with Gasteiger partial charge in [-0.15, -0.1) is 22.7 Å². The molecule has 0 saturated carbocycles. The van der Waals surface area contributed by atoms with Gasteiger partial charge in [-0.05, 0) is 24.6 Å². The van der Waals surface area contributed by atoms with Gasteiger partial charge < -0.3 is 15.7 Å². The molecule has 0 fully saturated rings. The molecular formula is C19H22N4O. The Bertz CT molecular complexity index is 761. The molecule has 2 aromatic rings. The number of hydrogen-bond acceptors (Lipinski definition) is 5. The van der Waals surface area contributed by atoms with E-state index in [4.69, 9.17) is 5.73 Å². The Morgan fingerprint density at radius 1 is 1.29 bits per heavy atom. The van der Waals surface area contributed by atoms with Crippen LogP contribution in [0.2, 0.25) is 0 Å². The van der Waals surface area contributed by atoms with Crippen molar-refractivity contribution in [3.8, 4) is 28.8 Å². The monoisotopic (exact) mass is 322 g/mol. The number of para-hydroxylation sites is 1. The molecule has 0 spiro atoms. The van der Waals surface area contributed by atoms with Crippen molar-refractivity contribution in [2.45, 2.75) is 19.8 Å². The van der Waals surface area contributed by atoms with Crippen molar-refractivity contribution in [2.24, 2.45) is 0 Å². The largest absolute Gasteiger partial charge is 0.507 e. The zero-order chi connectivity index (χ0) is 17.4. The van der Waals surface area contributed by atoms with Gasteiger partial charge in [-0.3, -0.25) is 0 Å². The summed E-state index contributed by atoms with van der Waals surface area (Å²) in [4.78, 5) is 1.99. The van der Waals surface area contributed by atoms with E-state index < -0.39 is 0 Å². The van der Waals surface area contributed by atoms with Crippen LogP contribution in [0.25, 0.3) is 11.3 Å². The van der Waals surface area contributed by atoms with Gasteiger partial charge in [-0.25, -0.2) is 0 Å². The summed E-state index contributed by atoms with van der Waals surface area (Å²) < 4.78 is 0. The average Bonchev–Trinajstić information content (AvgIpc) is 2.59. The zero-order valence-corrected chi connectivity index (χ0v) is 13.9. The minimum atomic E-state index is 0.153. The highest BCUT2D eigenvalue weighted by molar-refractivity contribution is 5.74. The molecule has 24 heavy (non-hydrogen) atoms. The van der Waals surface area contributed by atoms with E-state index in [1.165, 1.54) is 0 Å². The first kappa shape index (κ1) is 17.4. The highest BCUT2D eigenvalue weighted by atomic mass is 16.3. The van der Waals surface area contributed by atoms with Gasteiger partial charge in [-0.1, -0.05) is 31.1 Å². The Morgan fingerprint density at radius 2 is 2.08 bits per heavy atom. The standard InChI is InChI=1S/C19H22N4O/c1-3-5-6-9-13-23(12-4-2)17-14-16(21-22-19(17)20)15-10-7-8-11-18(15)24/h4,7-8,10-11,14,24H,2-3,5,12-13H2,1H3,(H2,20,22). The number of anilines is 2. The van der Waals surface area contributed by atoms with Gasteiger partial charge in [0, 0.05) is 18.5 Å². The number of nitrogens with two attached hydrogens (primary N) is 1. The summed E-state index contributed by atoms with van der Waals surface area (Å²) in [5.74, 6) is 6.75. The predicted molar refractivity (Wildman–Crippen MR) is 98.6 cm³/mol. The lowest BCUT2D eigenvalue weighted by molar-refractivity contribution is 0.477. The Hall–Kier alpha value is -3.00. The third-order valence-electron chi connectivity index (χ3n) is 3.44. The minimum Gasteiger partial charge on any atom is -0.507 e. The van der Waals surface area contributed by atoms with E-state index in [9.17, 15) is 5.11 Å². The number of aromatic nitrogens is 2. The maximum Gasteiger partial charge on any atom is 0.169 e. The highest BCUT2D eigenvalue weighted by Crippen LogP contribution is 2.31. The van der Waals surface area contributed by atoms with Crippen molar-refractivity contribution in [2.75, 3.05) is 23.7 Å². The van der Waals surface area contributed by atoms with E-state index in [-0.39, 0.29) is 5.75 Å². The molecule has 5 heteroatoms. The van der Waals surface area contributed by atoms with Crippen LogP contribution in [0, 0.1) is 11.8 Å². The van der Waals surface area contributed by atoms with Crippen LogP contribution in [0.1, 0.15) is 19.8 Å². The second kappa shape index (κ2) is 8.59. The van der Waals surface area contributed by atoms with Gasteiger partial charge in [0.05, 0.1) is 17.9 Å². The molecule has 0 bridgehead atoms. The van der Waals surface area contributed by atoms with Crippen molar-refractivity contribution in [1.29, 1.82) is 0 Å². The number of unbranched alkanes of at least 4 members (excludes halogenated alkanes) is 1. The number of hydrogen-bond donors (Lipinski definition) is 2. The van der Waals surface area contributed by atoms with Gasteiger partial charge in [-0.2, -0.15) is 0 Å². The maximum absolute atomic E-state index is 10.0. The minimum absolute atomic E-state index is 0.153. The first-order valence-electron chi connectivity index (χ1n) is 7.90. The number of nitrogen functional groups attached to an aromatic ring is 1. The summed E-state index contributed by atoms with van der Waals surface area (Å²) in [5, 5.41) is 18.2. The maximum atomic E-state index is 10.0. The van der Waals surface area contributed by atoms with E-state index in [0.29, 0.717) is 30.2 Å². The molecule has 0 radical (unpaired) electrons. The summed E-state index contributed by atoms with van der Waals surface area (Å²) >= 11 is 0. The number of phenols is 1. The van der Waals surface area contributed by atoms with Crippen molar-refractivity contribution >= 4 is 11.5 Å². The summed E-state index contributed by atoms with van der Waals surface area (Å²) in [7, 11) is 0. The van der Waals surface area contributed by atoms with Crippen LogP contribution in [0.5, 0.6) is 5.75 Å². The number of nitrogens with zero attached hydrogens (tertiary/aromatic N) is 3. The Morgan fingerprint density at radius 3 is 2.79 bits per heavy atom. The van der Waals surface area contributed by atoms with Crippen LogP contribution in [0.15, 0.2) is 43.0 Å². The molecule has 0 saturated heterocycles. The molecule has 0 aliphatic rings. The fourth-order valence-electron chi connectivity index (χ4n) is 2.24. The normalized spacial score (nSPS) is 9.88. The van der Waals surface area contributed by atoms with Crippen LogP contribution in [-0.4, -0.2) is 28.4 Å². The molecule has 1 heterocycles. The van der Waals surface area contributed by atoms with Crippen molar-refractivity contribution in [1.82, 2.24) is 10.2 Å². The highest BCUT2D eigenvalue weighted by Gasteiger charge is 2.13. The smallest absolute Gasteiger partial charge is 0.169 e. The van der Waals surface area contributed by atoms with Crippen molar-refractivity contribution in [3.05, 3.63) is 43.0 Å². The quantitative estimate of drug-likeness (QED) is 0.631. The molecule has 0 aliphatic carbocycles. The van der Waals surface area contributed by atoms with Gasteiger partial charge in [0.1, 0.15) is 5.75 Å². The van der Waals surface area contributed by atoms with Crippen molar-refractivity contribution in [3.63, 3.8) is 0 Å². The van der Waals surface area contributed by atoms with E-state index in [2.05, 4.69) is 35.5 Å². The SMILES string of the molecule is C=CCN(CC#CCCC)c1cc(-c2ccccc2O)nnc1N. The van der Waals surface area contributed by atoms with Crippen LogP contribution >= 0.6 is 0 Å². The lowest BCUT2D eigenvalue weighted by Gasteiger charge is -2.22. The molecular weight excluding hydrogens is 300 g/mol. The predicted octanol–water partition coefficient (Wildman–Crippen LogP) is 3.23. The average molecular weight is 322 g/mol. The Kier molecular flexibility index (Phi) is 6.21. The van der Waals surface area contributed by atoms with Crippen LogP contribution < -0.4 is 10.6 Å². The van der Waals surface area contributed by atoms with Gasteiger partial charge in [0.15, 0.2) is 5.82 Å². The zero-order valence-electron chi connectivity index (χ0n) is 13.9. The van der Waals surface area contributed by atoms with Crippen LogP contribution in [-0.2, 0) is 0 Å². The summed E-state index contributed by atoms with van der Waals surface area (Å²) in [6.45, 7) is 7.01. The summed E-state index contributed by atoms with van der Waals surface area (Å²) in [6.07, 6.45) is 3.70. The van der Waals surface area contributed by atoms with E-state index in [0.717, 1.165) is 18.5 Å². The molecule has 5 nitrogen and oxygen atoms in total. The molecule has 3 N–H and O–H groups in total. The van der Waals surface area contributed by atoms with E-state index in [1.807, 2.05) is 17.0 Å². The van der Waals surface area contributed by atoms with E-state index >= 15 is 0 Å². The number of benzene rings is 1. The lowest BCUT2D eigenvalue weighted by atomic mass is 10.1. The Labute approximate surface area is 142 Å². The van der Waals surface area contributed by atoms with Crippen molar-refractivity contribution < 1.29 is 5.11 Å². The Balaban J connectivity index is 2.36. The lowest BCUT2D eigenvalue weighted by Crippen LogP contribution is -2.25. The molecule has 0 amide bonds. The summed E-state index contributed by atoms with van der Waals surface area (Å²) in [6, 6.07) is 8.83. The second-order valence-corrected chi connectivity index (χ2v) is 5.29. The molecule has 124 valence electrons. The number of aromatic hydroxyl groups is 1. The molecule has 0 aliphatic heterocycles. The second-order valence-electron chi connectivity index (χ2n) is 5.29. The molecule has 1 aromatic carbocycles.